The average Bonchev–Trinajstić information content (AvgIpc) is 3.90. The van der Waals surface area contributed by atoms with E-state index in [-0.39, 0.29) is 0 Å². The molecule has 2 aliphatic rings. The molecule has 0 bridgehead atoms. The topological polar surface area (TPSA) is 6.48 Å². The smallest absolute Gasteiger partial charge is 0.0534 e. The lowest BCUT2D eigenvalue weighted by molar-refractivity contribution is 1.28. The van der Waals surface area contributed by atoms with Gasteiger partial charge in [0.05, 0.1) is 22.7 Å². The van der Waals surface area contributed by atoms with E-state index in [1.54, 1.807) is 0 Å². The summed E-state index contributed by atoms with van der Waals surface area (Å²) in [5, 5.41) is 9.65. The SMILES string of the molecule is C1=Cc2ccccc2N(c2cc(-c3ccccc3)cc(-c3c4ccccc4c(-c4c5ccccc5c(-c5cc(-c6ccccc6)cc(N6c7ccccc7C=Cc7ccccc76)c5)c5ccccc45)c4ccccc34)c2)c2ccccc21. The molecule has 0 fully saturated rings. The van der Waals surface area contributed by atoms with Gasteiger partial charge in [-0.25, -0.2) is 0 Å². The third-order valence-electron chi connectivity index (χ3n) is 16.9. The van der Waals surface area contributed by atoms with Crippen molar-refractivity contribution in [1.82, 2.24) is 0 Å². The molecule has 2 nitrogen and oxygen atoms in total. The molecule has 14 aromatic rings. The number of para-hydroxylation sites is 4. The van der Waals surface area contributed by atoms with Crippen LogP contribution in [-0.4, -0.2) is 0 Å². The van der Waals surface area contributed by atoms with Crippen LogP contribution in [0.1, 0.15) is 22.3 Å². The molecule has 2 aliphatic heterocycles. The summed E-state index contributed by atoms with van der Waals surface area (Å²) in [6.07, 6.45) is 9.01. The van der Waals surface area contributed by atoms with Gasteiger partial charge in [0.15, 0.2) is 0 Å². The summed E-state index contributed by atoms with van der Waals surface area (Å²) in [6, 6.07) is 108. The highest BCUT2D eigenvalue weighted by atomic mass is 15.2. The highest BCUT2D eigenvalue weighted by Gasteiger charge is 2.27. The van der Waals surface area contributed by atoms with Gasteiger partial charge in [-0.2, -0.15) is 0 Å². The standard InChI is InChI=1S/C80H52N2/c1-3-23-53(24-4-1)59-47-61(51-63(49-59)81-73-39-19-7-27-55(73)43-44-56-28-8-20-40-74(56)81)77-65-31-11-15-35-69(65)79(70-36-16-12-32-66(70)77)80-71-37-17-13-33-67(71)78(68-34-14-18-38-72(68)80)62-48-60(54-25-5-2-6-26-54)50-64(52-62)82-75-41-21-9-29-57(75)45-46-58-30-10-22-42-76(58)82/h1-52H. The van der Waals surface area contributed by atoms with Gasteiger partial charge >= 0.3 is 0 Å². The van der Waals surface area contributed by atoms with Crippen LogP contribution >= 0.6 is 0 Å². The molecular weight excluding hydrogens is 989 g/mol. The van der Waals surface area contributed by atoms with E-state index in [1.165, 1.54) is 98.7 Å². The van der Waals surface area contributed by atoms with E-state index < -0.39 is 0 Å². The third-order valence-corrected chi connectivity index (χ3v) is 16.9. The van der Waals surface area contributed by atoms with Crippen molar-refractivity contribution in [3.05, 3.63) is 313 Å². The van der Waals surface area contributed by atoms with Gasteiger partial charge in [0, 0.05) is 11.4 Å². The van der Waals surface area contributed by atoms with Crippen LogP contribution in [0.2, 0.25) is 0 Å². The summed E-state index contributed by atoms with van der Waals surface area (Å²) >= 11 is 0. The summed E-state index contributed by atoms with van der Waals surface area (Å²) in [6.45, 7) is 0. The Balaban J connectivity index is 0.960. The van der Waals surface area contributed by atoms with Gasteiger partial charge in [-0.15, -0.1) is 0 Å². The van der Waals surface area contributed by atoms with Crippen LogP contribution in [0.15, 0.2) is 291 Å². The van der Waals surface area contributed by atoms with Crippen LogP contribution in [0.25, 0.3) is 123 Å². The second-order valence-corrected chi connectivity index (χ2v) is 21.5. The Morgan fingerprint density at radius 2 is 0.402 bits per heavy atom. The van der Waals surface area contributed by atoms with Gasteiger partial charge in [0.2, 0.25) is 0 Å². The van der Waals surface area contributed by atoms with E-state index in [0.29, 0.717) is 0 Å². The summed E-state index contributed by atoms with van der Waals surface area (Å²) < 4.78 is 0. The number of hydrogen-bond donors (Lipinski definition) is 0. The van der Waals surface area contributed by atoms with Crippen molar-refractivity contribution in [2.45, 2.75) is 0 Å². The minimum Gasteiger partial charge on any atom is -0.309 e. The first-order valence-corrected chi connectivity index (χ1v) is 28.3. The summed E-state index contributed by atoms with van der Waals surface area (Å²) in [4.78, 5) is 4.92. The largest absolute Gasteiger partial charge is 0.309 e. The molecule has 382 valence electrons. The molecule has 0 N–H and O–H groups in total. The maximum atomic E-state index is 2.46. The highest BCUT2D eigenvalue weighted by Crippen LogP contribution is 2.53. The lowest BCUT2D eigenvalue weighted by atomic mass is 9.80. The second kappa shape index (κ2) is 19.5. The predicted octanol–water partition coefficient (Wildman–Crippen LogP) is 22.5. The van der Waals surface area contributed by atoms with Gasteiger partial charge in [-0.1, -0.05) is 255 Å². The fourth-order valence-corrected chi connectivity index (χ4v) is 13.3. The summed E-state index contributed by atoms with van der Waals surface area (Å²) in [5.41, 5.74) is 23.3. The summed E-state index contributed by atoms with van der Waals surface area (Å²) in [5.74, 6) is 0. The zero-order valence-electron chi connectivity index (χ0n) is 44.9. The van der Waals surface area contributed by atoms with Gasteiger partial charge in [0.25, 0.3) is 0 Å². The highest BCUT2D eigenvalue weighted by molar-refractivity contribution is 6.30. The Morgan fingerprint density at radius 3 is 0.695 bits per heavy atom. The fraction of sp³-hybridized carbons (Fsp3) is 0. The molecule has 0 radical (unpaired) electrons. The number of hydrogen-bond acceptors (Lipinski definition) is 2. The van der Waals surface area contributed by atoms with Crippen molar-refractivity contribution in [3.8, 4) is 55.6 Å². The van der Waals surface area contributed by atoms with Crippen molar-refractivity contribution in [1.29, 1.82) is 0 Å². The van der Waals surface area contributed by atoms with E-state index >= 15 is 0 Å². The first-order valence-electron chi connectivity index (χ1n) is 28.3. The minimum atomic E-state index is 1.10. The second-order valence-electron chi connectivity index (χ2n) is 21.5. The van der Waals surface area contributed by atoms with E-state index in [2.05, 4.69) is 325 Å². The van der Waals surface area contributed by atoms with Gasteiger partial charge in [0.1, 0.15) is 0 Å². The van der Waals surface area contributed by atoms with E-state index in [0.717, 1.165) is 56.4 Å². The quantitative estimate of drug-likeness (QED) is 0.147. The Morgan fingerprint density at radius 1 is 0.171 bits per heavy atom. The van der Waals surface area contributed by atoms with Crippen molar-refractivity contribution in [3.63, 3.8) is 0 Å². The Bertz CT molecular complexity index is 4410. The van der Waals surface area contributed by atoms with Crippen molar-refractivity contribution in [2.24, 2.45) is 0 Å². The monoisotopic (exact) mass is 1040 g/mol. The fourth-order valence-electron chi connectivity index (χ4n) is 13.3. The van der Waals surface area contributed by atoms with Crippen LogP contribution in [0.5, 0.6) is 0 Å². The minimum absolute atomic E-state index is 1.10. The number of anilines is 6. The normalized spacial score (nSPS) is 12.5. The van der Waals surface area contributed by atoms with Crippen molar-refractivity contribution >= 4 is 102 Å². The number of nitrogens with zero attached hydrogens (tertiary/aromatic N) is 2. The van der Waals surface area contributed by atoms with E-state index in [9.17, 15) is 0 Å². The van der Waals surface area contributed by atoms with Crippen LogP contribution in [-0.2, 0) is 0 Å². The van der Waals surface area contributed by atoms with Crippen LogP contribution in [0, 0.1) is 0 Å². The van der Waals surface area contributed by atoms with Gasteiger partial charge < -0.3 is 9.80 Å². The molecule has 0 spiro atoms. The first kappa shape index (κ1) is 47.2. The molecule has 0 atom stereocenters. The molecule has 82 heavy (non-hydrogen) atoms. The molecule has 0 aromatic heterocycles. The van der Waals surface area contributed by atoms with Gasteiger partial charge in [-0.3, -0.25) is 0 Å². The van der Waals surface area contributed by atoms with Gasteiger partial charge in [-0.05, 0) is 182 Å². The molecule has 0 saturated carbocycles. The molecule has 2 heterocycles. The third kappa shape index (κ3) is 7.80. The van der Waals surface area contributed by atoms with Crippen molar-refractivity contribution in [2.75, 3.05) is 9.80 Å². The molecule has 16 rings (SSSR count). The zero-order valence-corrected chi connectivity index (χ0v) is 44.9. The molecule has 2 heteroatoms. The van der Waals surface area contributed by atoms with E-state index in [1.807, 2.05) is 0 Å². The maximum absolute atomic E-state index is 2.46. The molecule has 0 amide bonds. The average molecular weight is 1040 g/mol. The molecule has 0 unspecified atom stereocenters. The molecule has 0 saturated heterocycles. The number of rotatable bonds is 7. The lowest BCUT2D eigenvalue weighted by Gasteiger charge is -2.29. The Kier molecular flexibility index (Phi) is 11.2. The Labute approximate surface area is 477 Å². The summed E-state index contributed by atoms with van der Waals surface area (Å²) in [7, 11) is 0. The lowest BCUT2D eigenvalue weighted by Crippen LogP contribution is -2.12. The van der Waals surface area contributed by atoms with Crippen LogP contribution in [0.4, 0.5) is 34.1 Å². The van der Waals surface area contributed by atoms with Crippen LogP contribution in [0.3, 0.4) is 0 Å². The number of benzene rings is 14. The number of fused-ring (bicyclic) bond motifs is 8. The van der Waals surface area contributed by atoms with Crippen LogP contribution < -0.4 is 9.80 Å². The molecule has 14 aromatic carbocycles. The first-order chi connectivity index (χ1) is 40.7. The molecular formula is C80H52N2. The predicted molar refractivity (Wildman–Crippen MR) is 351 cm³/mol. The zero-order chi connectivity index (χ0) is 54.1. The van der Waals surface area contributed by atoms with Crippen molar-refractivity contribution < 1.29 is 0 Å². The maximum Gasteiger partial charge on any atom is 0.0534 e. The Hall–Kier alpha value is -10.8. The molecule has 0 aliphatic carbocycles. The van der Waals surface area contributed by atoms with E-state index in [4.69, 9.17) is 0 Å².